The van der Waals surface area contributed by atoms with Gasteiger partial charge in [-0.05, 0) is 38.1 Å². The molecule has 0 spiro atoms. The summed E-state index contributed by atoms with van der Waals surface area (Å²) in [5.74, 6) is -0.635. The predicted molar refractivity (Wildman–Crippen MR) is 104 cm³/mol. The molecule has 0 saturated carbocycles. The summed E-state index contributed by atoms with van der Waals surface area (Å²) in [6.45, 7) is 3.89. The van der Waals surface area contributed by atoms with Crippen LogP contribution in [0.3, 0.4) is 0 Å². The first kappa shape index (κ1) is 16.4. The third-order valence-electron chi connectivity index (χ3n) is 4.31. The van der Waals surface area contributed by atoms with Crippen LogP contribution in [0.5, 0.6) is 0 Å². The van der Waals surface area contributed by atoms with Gasteiger partial charge in [0.25, 0.3) is 11.8 Å². The first-order valence-corrected chi connectivity index (χ1v) is 9.11. The maximum absolute atomic E-state index is 13.2. The third-order valence-corrected chi connectivity index (χ3v) is 5.10. The molecule has 2 heterocycles. The molecule has 5 heteroatoms. The van der Waals surface area contributed by atoms with Gasteiger partial charge >= 0.3 is 0 Å². The number of fused-ring (bicyclic) bond motifs is 1. The van der Waals surface area contributed by atoms with Crippen molar-refractivity contribution < 1.29 is 9.59 Å². The van der Waals surface area contributed by atoms with Gasteiger partial charge in [0.2, 0.25) is 0 Å². The number of anilines is 1. The van der Waals surface area contributed by atoms with E-state index in [9.17, 15) is 9.59 Å². The van der Waals surface area contributed by atoms with E-state index in [0.29, 0.717) is 22.4 Å². The molecule has 2 aromatic carbocycles. The van der Waals surface area contributed by atoms with Gasteiger partial charge in [-0.3, -0.25) is 9.59 Å². The summed E-state index contributed by atoms with van der Waals surface area (Å²) in [6.07, 6.45) is 1.76. The second-order valence-electron chi connectivity index (χ2n) is 6.18. The van der Waals surface area contributed by atoms with Crippen molar-refractivity contribution >= 4 is 40.5 Å². The molecular formula is C21H16N2O2S. The average molecular weight is 360 g/mol. The molecule has 1 aliphatic rings. The summed E-state index contributed by atoms with van der Waals surface area (Å²) in [7, 11) is 0. The zero-order valence-corrected chi connectivity index (χ0v) is 15.2. The highest BCUT2D eigenvalue weighted by atomic mass is 32.1. The second-order valence-corrected chi connectivity index (χ2v) is 7.24. The second kappa shape index (κ2) is 6.35. The summed E-state index contributed by atoms with van der Waals surface area (Å²) in [5.41, 5.74) is 4.01. The molecule has 128 valence electrons. The number of carbonyl (C=O) groups excluding carboxylic acids is 2. The van der Waals surface area contributed by atoms with Crippen molar-refractivity contribution in [2.75, 3.05) is 4.90 Å². The number of thiazole rings is 1. The fourth-order valence-electron chi connectivity index (χ4n) is 3.01. The Labute approximate surface area is 155 Å². The highest BCUT2D eigenvalue weighted by Gasteiger charge is 2.35. The van der Waals surface area contributed by atoms with E-state index in [0.717, 1.165) is 16.3 Å². The first-order valence-electron chi connectivity index (χ1n) is 8.23. The van der Waals surface area contributed by atoms with E-state index in [1.165, 1.54) is 16.2 Å². The van der Waals surface area contributed by atoms with E-state index in [2.05, 4.69) is 4.98 Å². The lowest BCUT2D eigenvalue weighted by molar-refractivity contribution is -0.112. The Hall–Kier alpha value is -3.05. The van der Waals surface area contributed by atoms with E-state index in [1.807, 2.05) is 49.6 Å². The van der Waals surface area contributed by atoms with Crippen LogP contribution in [0.1, 0.15) is 32.2 Å². The number of rotatable bonds is 2. The van der Waals surface area contributed by atoms with Crippen molar-refractivity contribution in [2.24, 2.45) is 0 Å². The van der Waals surface area contributed by atoms with Crippen molar-refractivity contribution in [3.63, 3.8) is 0 Å². The number of carbonyl (C=O) groups is 2. The molecule has 0 bridgehead atoms. The minimum atomic E-state index is -0.330. The minimum Gasteiger partial charge on any atom is -0.268 e. The standard InChI is InChI=1S/C21H16N2O2S/c1-13-7-9-16(10-8-13)23-20(24)18-6-4-3-5-17(18)19(21(23)25)11-15-12-26-14(2)22-15/h3-12H,1-2H3/b19-11+. The van der Waals surface area contributed by atoms with Crippen LogP contribution in [0.15, 0.2) is 53.9 Å². The fourth-order valence-corrected chi connectivity index (χ4v) is 3.59. The van der Waals surface area contributed by atoms with Gasteiger partial charge in [0, 0.05) is 16.5 Å². The van der Waals surface area contributed by atoms with Gasteiger partial charge < -0.3 is 0 Å². The molecule has 3 aromatic rings. The van der Waals surface area contributed by atoms with Crippen LogP contribution in [0.25, 0.3) is 11.6 Å². The molecule has 0 radical (unpaired) electrons. The zero-order chi connectivity index (χ0) is 18.3. The molecule has 0 saturated heterocycles. The van der Waals surface area contributed by atoms with E-state index in [-0.39, 0.29) is 11.8 Å². The van der Waals surface area contributed by atoms with Crippen LogP contribution in [0.4, 0.5) is 5.69 Å². The van der Waals surface area contributed by atoms with E-state index < -0.39 is 0 Å². The van der Waals surface area contributed by atoms with Crippen LogP contribution in [0.2, 0.25) is 0 Å². The van der Waals surface area contributed by atoms with Crippen LogP contribution in [-0.4, -0.2) is 16.8 Å². The molecule has 0 fully saturated rings. The number of amides is 2. The van der Waals surface area contributed by atoms with Crippen molar-refractivity contribution in [1.82, 2.24) is 4.98 Å². The summed E-state index contributed by atoms with van der Waals surface area (Å²) in [4.78, 5) is 31.9. The molecule has 1 aliphatic heterocycles. The summed E-state index contributed by atoms with van der Waals surface area (Å²) in [5, 5.41) is 2.84. The van der Waals surface area contributed by atoms with Crippen molar-refractivity contribution in [3.8, 4) is 0 Å². The van der Waals surface area contributed by atoms with Gasteiger partial charge in [-0.15, -0.1) is 11.3 Å². The largest absolute Gasteiger partial charge is 0.268 e. The third kappa shape index (κ3) is 2.76. The fraction of sp³-hybridized carbons (Fsp3) is 0.0952. The lowest BCUT2D eigenvalue weighted by Crippen LogP contribution is -2.41. The molecule has 1 aromatic heterocycles. The Morgan fingerprint density at radius 3 is 2.27 bits per heavy atom. The van der Waals surface area contributed by atoms with Crippen LogP contribution in [0, 0.1) is 13.8 Å². The van der Waals surface area contributed by atoms with Gasteiger partial charge in [0.1, 0.15) is 0 Å². The molecule has 0 unspecified atom stereocenters. The van der Waals surface area contributed by atoms with Crippen molar-refractivity contribution in [2.45, 2.75) is 13.8 Å². The van der Waals surface area contributed by atoms with Crippen molar-refractivity contribution in [3.05, 3.63) is 81.3 Å². The van der Waals surface area contributed by atoms with Gasteiger partial charge in [-0.25, -0.2) is 9.88 Å². The number of benzene rings is 2. The Bertz CT molecular complexity index is 1050. The lowest BCUT2D eigenvalue weighted by Gasteiger charge is -2.28. The molecule has 0 N–H and O–H groups in total. The lowest BCUT2D eigenvalue weighted by atomic mass is 9.92. The van der Waals surface area contributed by atoms with Crippen LogP contribution < -0.4 is 4.90 Å². The van der Waals surface area contributed by atoms with Gasteiger partial charge in [-0.1, -0.05) is 35.9 Å². The predicted octanol–water partition coefficient (Wildman–Crippen LogP) is 4.49. The maximum Gasteiger partial charge on any atom is 0.266 e. The SMILES string of the molecule is Cc1ccc(N2C(=O)/C(=C/c3csc(C)n3)c3ccccc3C2=O)cc1. The van der Waals surface area contributed by atoms with E-state index in [4.69, 9.17) is 0 Å². The zero-order valence-electron chi connectivity index (χ0n) is 14.4. The number of imide groups is 1. The number of aryl methyl sites for hydroxylation is 2. The molecule has 0 atom stereocenters. The van der Waals surface area contributed by atoms with Crippen LogP contribution in [-0.2, 0) is 4.79 Å². The summed E-state index contributed by atoms with van der Waals surface area (Å²) >= 11 is 1.53. The molecule has 2 amide bonds. The summed E-state index contributed by atoms with van der Waals surface area (Å²) in [6, 6.07) is 14.6. The normalized spacial score (nSPS) is 15.5. The van der Waals surface area contributed by atoms with E-state index >= 15 is 0 Å². The first-order chi connectivity index (χ1) is 12.5. The number of hydrogen-bond acceptors (Lipinski definition) is 4. The highest BCUT2D eigenvalue weighted by molar-refractivity contribution is 7.09. The smallest absolute Gasteiger partial charge is 0.266 e. The van der Waals surface area contributed by atoms with Gasteiger partial charge in [-0.2, -0.15) is 0 Å². The van der Waals surface area contributed by atoms with E-state index in [1.54, 1.807) is 24.3 Å². The molecule has 4 rings (SSSR count). The molecule has 26 heavy (non-hydrogen) atoms. The van der Waals surface area contributed by atoms with Crippen molar-refractivity contribution in [1.29, 1.82) is 0 Å². The maximum atomic E-state index is 13.2. The summed E-state index contributed by atoms with van der Waals surface area (Å²) < 4.78 is 0. The van der Waals surface area contributed by atoms with Crippen LogP contribution >= 0.6 is 11.3 Å². The molecular weight excluding hydrogens is 344 g/mol. The highest BCUT2D eigenvalue weighted by Crippen LogP contribution is 2.33. The minimum absolute atomic E-state index is 0.305. The Kier molecular flexibility index (Phi) is 4.01. The molecule has 4 nitrogen and oxygen atoms in total. The topological polar surface area (TPSA) is 50.3 Å². The number of hydrogen-bond donors (Lipinski definition) is 0. The Morgan fingerprint density at radius 2 is 1.62 bits per heavy atom. The average Bonchev–Trinajstić information content (AvgIpc) is 3.05. The van der Waals surface area contributed by atoms with Gasteiger partial charge in [0.05, 0.1) is 22.0 Å². The monoisotopic (exact) mass is 360 g/mol. The van der Waals surface area contributed by atoms with Gasteiger partial charge in [0.15, 0.2) is 0 Å². The number of aromatic nitrogens is 1. The Morgan fingerprint density at radius 1 is 0.923 bits per heavy atom. The number of nitrogens with zero attached hydrogens (tertiary/aromatic N) is 2. The Balaban J connectivity index is 1.89. The quantitative estimate of drug-likeness (QED) is 0.500. The molecule has 0 aliphatic carbocycles.